The Labute approximate surface area is 187 Å². The molecule has 8 heteroatoms. The molecule has 1 aromatic carbocycles. The van der Waals surface area contributed by atoms with Gasteiger partial charge in [0, 0.05) is 12.0 Å². The third-order valence-electron chi connectivity index (χ3n) is 5.50. The molecule has 0 saturated carbocycles. The molecule has 0 fully saturated rings. The minimum Gasteiger partial charge on any atom is -0.345 e. The summed E-state index contributed by atoms with van der Waals surface area (Å²) in [6.45, 7) is 7.55. The summed E-state index contributed by atoms with van der Waals surface area (Å²) in [5, 5.41) is 0. The van der Waals surface area contributed by atoms with Gasteiger partial charge >= 0.3 is 6.18 Å². The average Bonchev–Trinajstić information content (AvgIpc) is 2.72. The maximum Gasteiger partial charge on any atom is 0.416 e. The summed E-state index contributed by atoms with van der Waals surface area (Å²) in [5.41, 5.74) is 2.58. The van der Waals surface area contributed by atoms with Gasteiger partial charge in [-0.25, -0.2) is 12.8 Å². The highest BCUT2D eigenvalue weighted by Gasteiger charge is 2.30. The van der Waals surface area contributed by atoms with E-state index in [4.69, 9.17) is 0 Å². The Bertz CT molecular complexity index is 1020. The average molecular weight is 472 g/mol. The van der Waals surface area contributed by atoms with Crippen molar-refractivity contribution in [3.8, 4) is 0 Å². The fourth-order valence-corrected chi connectivity index (χ4v) is 4.26. The molecule has 176 valence electrons. The molecule has 1 atom stereocenters. The zero-order chi connectivity index (χ0) is 24.1. The molecule has 0 aliphatic heterocycles. The lowest BCUT2D eigenvalue weighted by Gasteiger charge is -2.35. The van der Waals surface area contributed by atoms with Crippen LogP contribution in [0, 0.1) is 0 Å². The van der Waals surface area contributed by atoms with Crippen LogP contribution in [0.4, 0.5) is 17.6 Å². The Morgan fingerprint density at radius 2 is 1.78 bits per heavy atom. The molecule has 0 spiro atoms. The summed E-state index contributed by atoms with van der Waals surface area (Å²) >= 11 is 0. The van der Waals surface area contributed by atoms with Gasteiger partial charge in [0.05, 0.1) is 17.4 Å². The summed E-state index contributed by atoms with van der Waals surface area (Å²) in [6, 6.07) is 4.79. The number of hydrogen-bond acceptors (Lipinski definition) is 3. The Balaban J connectivity index is 2.38. The molecule has 0 bridgehead atoms. The van der Waals surface area contributed by atoms with E-state index >= 15 is 0 Å². The number of nitrogens with zero attached hydrogens (tertiary/aromatic N) is 1. The highest BCUT2D eigenvalue weighted by atomic mass is 32.2. The van der Waals surface area contributed by atoms with Gasteiger partial charge in [-0.2, -0.15) is 13.2 Å². The number of benzene rings is 1. The topological polar surface area (TPSA) is 37.4 Å². The summed E-state index contributed by atoms with van der Waals surface area (Å²) in [5.74, 6) is -0.996. The van der Waals surface area contributed by atoms with Crippen molar-refractivity contribution in [1.29, 1.82) is 0 Å². The van der Waals surface area contributed by atoms with Crippen molar-refractivity contribution < 1.29 is 26.0 Å². The highest BCUT2D eigenvalue weighted by Crippen LogP contribution is 2.37. The maximum atomic E-state index is 14.3. The van der Waals surface area contributed by atoms with Gasteiger partial charge in [0.1, 0.15) is 5.83 Å². The van der Waals surface area contributed by atoms with Crippen LogP contribution in [0.3, 0.4) is 0 Å². The largest absolute Gasteiger partial charge is 0.416 e. The molecule has 0 unspecified atom stereocenters. The Hall–Kier alpha value is -2.35. The first-order chi connectivity index (χ1) is 14.8. The monoisotopic (exact) mass is 471 g/mol. The molecule has 3 nitrogen and oxygen atoms in total. The van der Waals surface area contributed by atoms with Crippen molar-refractivity contribution in [2.75, 3.05) is 12.0 Å². The van der Waals surface area contributed by atoms with Crippen LogP contribution in [0.2, 0.25) is 0 Å². The highest BCUT2D eigenvalue weighted by molar-refractivity contribution is 7.90. The Morgan fingerprint density at radius 1 is 1.19 bits per heavy atom. The van der Waals surface area contributed by atoms with Gasteiger partial charge in [-0.3, -0.25) is 0 Å². The standard InChI is InChI=1S/C24H29F4NO2S/c1-5-29(18(3)19-10-12-20(13-11-19)24(26,27)28)23-9-7-6-8-22(23)17(2)16-21(25)14-15-32(4,30)31/h5,10-14,16,18H,1,6-9,15H2,2-4H3/b17-16+,21-14+/t18-/m0/s1. The summed E-state index contributed by atoms with van der Waals surface area (Å²) in [7, 11) is -3.31. The molecule has 2 rings (SSSR count). The predicted molar refractivity (Wildman–Crippen MR) is 120 cm³/mol. The molecular weight excluding hydrogens is 442 g/mol. The van der Waals surface area contributed by atoms with Crippen LogP contribution in [0.25, 0.3) is 0 Å². The molecule has 0 saturated heterocycles. The molecule has 0 amide bonds. The minimum atomic E-state index is -4.39. The molecule has 0 heterocycles. The minimum absolute atomic E-state index is 0.267. The van der Waals surface area contributed by atoms with E-state index in [2.05, 4.69) is 6.58 Å². The number of allylic oxidation sites excluding steroid dienone is 5. The zero-order valence-electron chi connectivity index (χ0n) is 18.5. The van der Waals surface area contributed by atoms with Crippen molar-refractivity contribution >= 4 is 9.84 Å². The van der Waals surface area contributed by atoms with Crippen LogP contribution in [-0.2, 0) is 16.0 Å². The second kappa shape index (κ2) is 10.5. The number of hydrogen-bond donors (Lipinski definition) is 0. The number of halogens is 4. The van der Waals surface area contributed by atoms with Crippen LogP contribution in [0.5, 0.6) is 0 Å². The summed E-state index contributed by atoms with van der Waals surface area (Å²) in [6.07, 6.45) is 3.98. The van der Waals surface area contributed by atoms with Crippen molar-refractivity contribution in [3.63, 3.8) is 0 Å². The van der Waals surface area contributed by atoms with E-state index in [1.807, 2.05) is 11.8 Å². The molecule has 0 radical (unpaired) electrons. The zero-order valence-corrected chi connectivity index (χ0v) is 19.4. The van der Waals surface area contributed by atoms with Crippen molar-refractivity contribution in [2.24, 2.45) is 0 Å². The fourth-order valence-electron chi connectivity index (χ4n) is 3.80. The van der Waals surface area contributed by atoms with Gasteiger partial charge in [-0.15, -0.1) is 0 Å². The van der Waals surface area contributed by atoms with Gasteiger partial charge in [-0.05, 0) is 86.7 Å². The molecular formula is C24H29F4NO2S. The number of sulfone groups is 1. The number of alkyl halides is 3. The van der Waals surface area contributed by atoms with Crippen molar-refractivity contribution in [3.05, 3.63) is 83.0 Å². The molecule has 32 heavy (non-hydrogen) atoms. The van der Waals surface area contributed by atoms with Crippen LogP contribution in [0.1, 0.15) is 56.7 Å². The van der Waals surface area contributed by atoms with E-state index < -0.39 is 27.4 Å². The first kappa shape index (κ1) is 25.9. The van der Waals surface area contributed by atoms with Gasteiger partial charge in [0.25, 0.3) is 0 Å². The second-order valence-electron chi connectivity index (χ2n) is 8.03. The van der Waals surface area contributed by atoms with Crippen LogP contribution in [-0.4, -0.2) is 25.3 Å². The normalized spacial score (nSPS) is 17.3. The Kier molecular flexibility index (Phi) is 8.51. The van der Waals surface area contributed by atoms with Crippen LogP contribution < -0.4 is 0 Å². The van der Waals surface area contributed by atoms with Crippen molar-refractivity contribution in [2.45, 2.75) is 51.7 Å². The number of rotatable bonds is 8. The van der Waals surface area contributed by atoms with E-state index in [0.717, 1.165) is 61.4 Å². The molecule has 1 aromatic rings. The van der Waals surface area contributed by atoms with E-state index in [9.17, 15) is 26.0 Å². The lowest BCUT2D eigenvalue weighted by Crippen LogP contribution is -2.24. The maximum absolute atomic E-state index is 14.3. The van der Waals surface area contributed by atoms with Crippen LogP contribution >= 0.6 is 0 Å². The van der Waals surface area contributed by atoms with Crippen molar-refractivity contribution in [1.82, 2.24) is 4.90 Å². The first-order valence-electron chi connectivity index (χ1n) is 10.4. The Morgan fingerprint density at radius 3 is 2.31 bits per heavy atom. The van der Waals surface area contributed by atoms with E-state index in [1.165, 1.54) is 18.2 Å². The lowest BCUT2D eigenvalue weighted by molar-refractivity contribution is -0.137. The third kappa shape index (κ3) is 7.08. The van der Waals surface area contributed by atoms with Gasteiger partial charge in [0.2, 0.25) is 0 Å². The molecule has 0 aromatic heterocycles. The SMILES string of the molecule is C=CN(C1=C(/C(C)=C/C(F)=C\CS(C)(=O)=O)CCCC1)[C@@H](C)c1ccc(C(F)(F)F)cc1. The first-order valence-corrected chi connectivity index (χ1v) is 12.4. The van der Waals surface area contributed by atoms with Gasteiger partial charge < -0.3 is 4.90 Å². The van der Waals surface area contributed by atoms with Crippen LogP contribution in [0.15, 0.2) is 71.9 Å². The van der Waals surface area contributed by atoms with Gasteiger partial charge in [-0.1, -0.05) is 18.7 Å². The van der Waals surface area contributed by atoms with E-state index in [0.29, 0.717) is 11.1 Å². The fraction of sp³-hybridized carbons (Fsp3) is 0.417. The predicted octanol–water partition coefficient (Wildman–Crippen LogP) is 6.88. The van der Waals surface area contributed by atoms with Gasteiger partial charge in [0.15, 0.2) is 9.84 Å². The molecule has 0 N–H and O–H groups in total. The summed E-state index contributed by atoms with van der Waals surface area (Å²) in [4.78, 5) is 1.92. The summed E-state index contributed by atoms with van der Waals surface area (Å²) < 4.78 is 75.5. The third-order valence-corrected chi connectivity index (χ3v) is 6.27. The quantitative estimate of drug-likeness (QED) is 0.306. The van der Waals surface area contributed by atoms with E-state index in [1.54, 1.807) is 13.1 Å². The second-order valence-corrected chi connectivity index (χ2v) is 10.2. The molecule has 1 aliphatic carbocycles. The lowest BCUT2D eigenvalue weighted by atomic mass is 9.89. The molecule has 1 aliphatic rings. The van der Waals surface area contributed by atoms with E-state index in [-0.39, 0.29) is 11.8 Å². The smallest absolute Gasteiger partial charge is 0.345 e.